The molecule has 1 rings (SSSR count). The monoisotopic (exact) mass is 393 g/mol. The molecule has 0 spiro atoms. The van der Waals surface area contributed by atoms with E-state index in [-0.39, 0.29) is 12.0 Å². The van der Waals surface area contributed by atoms with Crippen molar-refractivity contribution in [3.05, 3.63) is 34.1 Å². The van der Waals surface area contributed by atoms with Gasteiger partial charge in [-0.3, -0.25) is 4.79 Å². The second-order valence-corrected chi connectivity index (χ2v) is 9.07. The van der Waals surface area contributed by atoms with E-state index in [9.17, 15) is 13.7 Å². The first-order valence-corrected chi connectivity index (χ1v) is 8.66. The highest BCUT2D eigenvalue weighted by Crippen LogP contribution is 2.32. The lowest BCUT2D eigenvalue weighted by molar-refractivity contribution is -0.142. The van der Waals surface area contributed by atoms with Crippen molar-refractivity contribution >= 4 is 33.3 Å². The molecule has 22 heavy (non-hydrogen) atoms. The van der Waals surface area contributed by atoms with Crippen molar-refractivity contribution in [2.75, 3.05) is 7.11 Å². The van der Waals surface area contributed by atoms with Crippen molar-refractivity contribution in [1.29, 1.82) is 0 Å². The van der Waals surface area contributed by atoms with Crippen molar-refractivity contribution in [3.8, 4) is 0 Å². The van der Waals surface area contributed by atoms with Crippen LogP contribution in [0.25, 0.3) is 0 Å². The van der Waals surface area contributed by atoms with Crippen LogP contribution in [0.2, 0.25) is 0 Å². The number of benzene rings is 1. The molecular weight excluding hydrogens is 373 g/mol. The van der Waals surface area contributed by atoms with Gasteiger partial charge in [0.1, 0.15) is 10.6 Å². The van der Waals surface area contributed by atoms with Gasteiger partial charge in [-0.15, -0.1) is 4.72 Å². The molecule has 0 aliphatic rings. The molecule has 4 nitrogen and oxygen atoms in total. The van der Waals surface area contributed by atoms with E-state index in [4.69, 9.17) is 4.74 Å². The molecule has 7 heteroatoms. The third kappa shape index (κ3) is 4.94. The highest BCUT2D eigenvalue weighted by atomic mass is 79.9. The smallest absolute Gasteiger partial charge is 0.307 e. The van der Waals surface area contributed by atoms with Gasteiger partial charge in [0.15, 0.2) is 0 Å². The van der Waals surface area contributed by atoms with Crippen LogP contribution in [-0.2, 0) is 26.4 Å². The Hall–Kier alpha value is -0.630. The number of esters is 1. The summed E-state index contributed by atoms with van der Waals surface area (Å²) in [6.45, 7) is 7.03. The molecule has 0 aliphatic carbocycles. The molecular formula is C15H21BrFNO3S. The Balaban J connectivity index is 3.27. The summed E-state index contributed by atoms with van der Waals surface area (Å²) in [5.74, 6) is -0.992. The Morgan fingerprint density at radius 2 is 2.00 bits per heavy atom. The van der Waals surface area contributed by atoms with Crippen LogP contribution in [0.15, 0.2) is 22.7 Å². The highest BCUT2D eigenvalue weighted by molar-refractivity contribution is 9.10. The summed E-state index contributed by atoms with van der Waals surface area (Å²) in [7, 11) is 1.26. The van der Waals surface area contributed by atoms with E-state index in [1.54, 1.807) is 39.8 Å². The van der Waals surface area contributed by atoms with Crippen LogP contribution in [0.4, 0.5) is 4.39 Å². The van der Waals surface area contributed by atoms with Gasteiger partial charge in [-0.1, -0.05) is 15.9 Å². The van der Waals surface area contributed by atoms with E-state index >= 15 is 0 Å². The van der Waals surface area contributed by atoms with Gasteiger partial charge in [0.2, 0.25) is 0 Å². The molecule has 0 heterocycles. The van der Waals surface area contributed by atoms with Gasteiger partial charge in [-0.2, -0.15) is 0 Å². The average Bonchev–Trinajstić information content (AvgIpc) is 2.40. The maximum atomic E-state index is 14.3. The Morgan fingerprint density at radius 3 is 2.50 bits per heavy atom. The maximum absolute atomic E-state index is 14.3. The van der Waals surface area contributed by atoms with Crippen LogP contribution >= 0.6 is 15.9 Å². The fraction of sp³-hybridized carbons (Fsp3) is 0.533. The molecule has 2 atom stereocenters. The fourth-order valence-electron chi connectivity index (χ4n) is 1.83. The zero-order valence-corrected chi connectivity index (χ0v) is 15.7. The van der Waals surface area contributed by atoms with Gasteiger partial charge in [0.05, 0.1) is 19.1 Å². The molecule has 1 unspecified atom stereocenters. The van der Waals surface area contributed by atoms with E-state index in [0.717, 1.165) is 0 Å². The molecule has 0 saturated heterocycles. The number of nitrogens with one attached hydrogen (secondary N) is 1. The average molecular weight is 394 g/mol. The molecule has 124 valence electrons. The Bertz CT molecular complexity index is 550. The summed E-state index contributed by atoms with van der Waals surface area (Å²) in [6, 6.07) is 4.44. The quantitative estimate of drug-likeness (QED) is 0.614. The first-order valence-electron chi connectivity index (χ1n) is 6.71. The SMILES string of the molecule is COC(=O)CC(C)(N[S@+]([O-])C(C)(C)C)c1cc(Br)ccc1F. The van der Waals surface area contributed by atoms with Crippen LogP contribution in [-0.4, -0.2) is 22.4 Å². The molecule has 1 N–H and O–H groups in total. The minimum absolute atomic E-state index is 0.140. The predicted octanol–water partition coefficient (Wildman–Crippen LogP) is 3.42. The molecule has 1 aromatic carbocycles. The second-order valence-electron chi connectivity index (χ2n) is 6.19. The fourth-order valence-corrected chi connectivity index (χ4v) is 3.08. The summed E-state index contributed by atoms with van der Waals surface area (Å²) < 4.78 is 34.4. The standard InChI is InChI=1S/C15H21BrFNO3S/c1-14(2,3)22(20)18-15(4,9-13(19)21-5)11-8-10(16)6-7-12(11)17/h6-8,18H,9H2,1-5H3/t15?,22-/m1/s1. The van der Waals surface area contributed by atoms with Crippen molar-refractivity contribution < 1.29 is 18.5 Å². The lowest BCUT2D eigenvalue weighted by atomic mass is 9.89. The first-order chi connectivity index (χ1) is 9.99. The zero-order valence-electron chi connectivity index (χ0n) is 13.3. The van der Waals surface area contributed by atoms with Crippen LogP contribution in [0.3, 0.4) is 0 Å². The summed E-state index contributed by atoms with van der Waals surface area (Å²) in [6.07, 6.45) is -0.140. The van der Waals surface area contributed by atoms with E-state index in [0.29, 0.717) is 4.47 Å². The van der Waals surface area contributed by atoms with E-state index in [1.807, 2.05) is 0 Å². The zero-order chi connectivity index (χ0) is 17.1. The topological polar surface area (TPSA) is 61.4 Å². The van der Waals surface area contributed by atoms with Crippen LogP contribution < -0.4 is 4.72 Å². The molecule has 0 radical (unpaired) electrons. The van der Waals surface area contributed by atoms with Crippen LogP contribution in [0.1, 0.15) is 39.7 Å². The molecule has 0 aliphatic heterocycles. The van der Waals surface area contributed by atoms with Gasteiger partial charge in [-0.05, 0) is 45.9 Å². The van der Waals surface area contributed by atoms with E-state index in [2.05, 4.69) is 20.7 Å². The number of methoxy groups -OCH3 is 1. The molecule has 0 aromatic heterocycles. The van der Waals surface area contributed by atoms with Gasteiger partial charge in [0, 0.05) is 21.4 Å². The Kier molecular flexibility index (Phi) is 6.44. The summed E-state index contributed by atoms with van der Waals surface area (Å²) in [4.78, 5) is 11.7. The van der Waals surface area contributed by atoms with Crippen LogP contribution in [0, 0.1) is 5.82 Å². The first kappa shape index (κ1) is 19.4. The lowest BCUT2D eigenvalue weighted by Crippen LogP contribution is -2.51. The van der Waals surface area contributed by atoms with Gasteiger partial charge in [0.25, 0.3) is 0 Å². The van der Waals surface area contributed by atoms with E-state index < -0.39 is 33.4 Å². The number of ether oxygens (including phenoxy) is 1. The molecule has 0 bridgehead atoms. The van der Waals surface area contributed by atoms with Crippen molar-refractivity contribution in [1.82, 2.24) is 4.72 Å². The minimum atomic E-state index is -1.48. The number of hydrogen-bond donors (Lipinski definition) is 1. The molecule has 1 aromatic rings. The Labute approximate surface area is 142 Å². The summed E-state index contributed by atoms with van der Waals surface area (Å²) in [5, 5.41) is 0. The highest BCUT2D eigenvalue weighted by Gasteiger charge is 2.40. The third-order valence-corrected chi connectivity index (χ3v) is 5.36. The third-order valence-electron chi connectivity index (χ3n) is 3.12. The summed E-state index contributed by atoms with van der Waals surface area (Å²) >= 11 is 1.81. The maximum Gasteiger partial charge on any atom is 0.307 e. The van der Waals surface area contributed by atoms with Crippen molar-refractivity contribution in [2.45, 2.75) is 44.4 Å². The summed E-state index contributed by atoms with van der Waals surface area (Å²) in [5.41, 5.74) is -0.899. The number of hydrogen-bond acceptors (Lipinski definition) is 4. The molecule has 0 amide bonds. The number of carbonyl (C=O) groups is 1. The van der Waals surface area contributed by atoms with E-state index in [1.165, 1.54) is 13.2 Å². The second kappa shape index (κ2) is 7.29. The number of halogens is 2. The van der Waals surface area contributed by atoms with Crippen LogP contribution in [0.5, 0.6) is 0 Å². The normalized spacial score (nSPS) is 16.0. The van der Waals surface area contributed by atoms with Gasteiger partial charge < -0.3 is 9.29 Å². The Morgan fingerprint density at radius 1 is 1.41 bits per heavy atom. The largest absolute Gasteiger partial charge is 0.598 e. The number of carbonyl (C=O) groups excluding carboxylic acids is 1. The minimum Gasteiger partial charge on any atom is -0.598 e. The van der Waals surface area contributed by atoms with Gasteiger partial charge in [-0.25, -0.2) is 4.39 Å². The predicted molar refractivity (Wildman–Crippen MR) is 89.1 cm³/mol. The van der Waals surface area contributed by atoms with Gasteiger partial charge >= 0.3 is 5.97 Å². The molecule has 0 saturated carbocycles. The molecule has 0 fully saturated rings. The number of rotatable bonds is 5. The van der Waals surface area contributed by atoms with Crippen molar-refractivity contribution in [3.63, 3.8) is 0 Å². The lowest BCUT2D eigenvalue weighted by Gasteiger charge is -2.34. The van der Waals surface area contributed by atoms with Crippen molar-refractivity contribution in [2.24, 2.45) is 0 Å².